The molecule has 2 N–H and O–H groups in total. The fraction of sp³-hybridized carbons (Fsp3) is 0.200. The second-order valence-electron chi connectivity index (χ2n) is 4.14. The molecule has 0 fully saturated rings. The standard InChI is InChI=1S/C15H16O.H3O2P/c16-15(11-13-7-3-1-4-8-13)12-14-9-5-2-6-10-14;1-3-2/h1-10,15-16H,11-12H2;3H2,(H,1,2). The van der Waals surface area contributed by atoms with Gasteiger partial charge in [0.2, 0.25) is 0 Å². The average Bonchev–Trinajstić information content (AvgIpc) is 2.41. The van der Waals surface area contributed by atoms with Crippen molar-refractivity contribution >= 4 is 8.69 Å². The lowest BCUT2D eigenvalue weighted by Crippen LogP contribution is -2.13. The Morgan fingerprint density at radius 2 is 1.16 bits per heavy atom. The first-order valence-electron chi connectivity index (χ1n) is 6.10. The summed E-state index contributed by atoms with van der Waals surface area (Å²) in [6, 6.07) is 20.2. The highest BCUT2D eigenvalue weighted by Crippen LogP contribution is 2.08. The molecule has 0 aromatic heterocycles. The molecule has 0 spiro atoms. The van der Waals surface area contributed by atoms with Crippen molar-refractivity contribution in [3.8, 4) is 0 Å². The molecule has 2 aromatic carbocycles. The number of benzene rings is 2. The predicted molar refractivity (Wildman–Crippen MR) is 78.9 cm³/mol. The zero-order chi connectivity index (χ0) is 13.9. The van der Waals surface area contributed by atoms with Crippen LogP contribution < -0.4 is 0 Å². The van der Waals surface area contributed by atoms with Crippen LogP contribution in [0.2, 0.25) is 0 Å². The summed E-state index contributed by atoms with van der Waals surface area (Å²) in [5.74, 6) is 0. The molecule has 0 aliphatic heterocycles. The maximum atomic E-state index is 9.96. The van der Waals surface area contributed by atoms with Crippen molar-refractivity contribution in [3.05, 3.63) is 71.8 Å². The van der Waals surface area contributed by atoms with E-state index >= 15 is 0 Å². The van der Waals surface area contributed by atoms with Gasteiger partial charge in [-0.15, -0.1) is 0 Å². The Bertz CT molecular complexity index is 418. The van der Waals surface area contributed by atoms with Crippen LogP contribution in [-0.2, 0) is 17.4 Å². The highest BCUT2D eigenvalue weighted by molar-refractivity contribution is 7.16. The molecule has 0 radical (unpaired) electrons. The number of hydrogen-bond acceptors (Lipinski definition) is 2. The molecular formula is C15H19O3P. The second-order valence-corrected chi connectivity index (χ2v) is 4.35. The quantitative estimate of drug-likeness (QED) is 0.845. The molecule has 102 valence electrons. The molecule has 0 saturated heterocycles. The molecule has 4 heteroatoms. The zero-order valence-electron chi connectivity index (χ0n) is 10.6. The first-order chi connectivity index (χ1) is 9.26. The lowest BCUT2D eigenvalue weighted by molar-refractivity contribution is 0.175. The van der Waals surface area contributed by atoms with Crippen molar-refractivity contribution in [2.45, 2.75) is 18.9 Å². The van der Waals surface area contributed by atoms with Gasteiger partial charge in [0, 0.05) is 0 Å². The van der Waals surface area contributed by atoms with E-state index in [4.69, 9.17) is 9.46 Å². The summed E-state index contributed by atoms with van der Waals surface area (Å²) in [5, 5.41) is 9.96. The van der Waals surface area contributed by atoms with Gasteiger partial charge in [-0.05, 0) is 24.0 Å². The minimum atomic E-state index is -1.50. The minimum absolute atomic E-state index is 0.301. The summed E-state index contributed by atoms with van der Waals surface area (Å²) < 4.78 is 8.57. The highest BCUT2D eigenvalue weighted by Gasteiger charge is 2.05. The first-order valence-corrected chi connectivity index (χ1v) is 7.08. The van der Waals surface area contributed by atoms with E-state index in [0.29, 0.717) is 0 Å². The third-order valence-corrected chi connectivity index (χ3v) is 2.63. The summed E-state index contributed by atoms with van der Waals surface area (Å²) in [4.78, 5) is 7.10. The second kappa shape index (κ2) is 9.51. The van der Waals surface area contributed by atoms with Crippen LogP contribution in [0.4, 0.5) is 0 Å². The number of hydrogen-bond donors (Lipinski definition) is 2. The van der Waals surface area contributed by atoms with Crippen LogP contribution in [0.1, 0.15) is 11.1 Å². The van der Waals surface area contributed by atoms with E-state index in [1.807, 2.05) is 60.7 Å². The monoisotopic (exact) mass is 278 g/mol. The molecule has 3 nitrogen and oxygen atoms in total. The molecule has 1 atom stereocenters. The van der Waals surface area contributed by atoms with Crippen molar-refractivity contribution in [2.24, 2.45) is 0 Å². The molecule has 0 amide bonds. The Kier molecular flexibility index (Phi) is 7.83. The van der Waals surface area contributed by atoms with Crippen molar-refractivity contribution in [2.75, 3.05) is 0 Å². The van der Waals surface area contributed by atoms with Crippen LogP contribution >= 0.6 is 8.69 Å². The predicted octanol–water partition coefficient (Wildman–Crippen LogP) is 2.48. The van der Waals surface area contributed by atoms with Crippen LogP contribution in [-0.4, -0.2) is 16.1 Å². The summed E-state index contributed by atoms with van der Waals surface area (Å²) in [6.45, 7) is 0. The largest absolute Gasteiger partial charge is 0.392 e. The Balaban J connectivity index is 0.000000550. The smallest absolute Gasteiger partial charge is 0.177 e. The molecular weight excluding hydrogens is 259 g/mol. The molecule has 1 unspecified atom stereocenters. The molecule has 19 heavy (non-hydrogen) atoms. The Morgan fingerprint density at radius 1 is 0.842 bits per heavy atom. The molecule has 2 rings (SSSR count). The van der Waals surface area contributed by atoms with Crippen LogP contribution in [0.25, 0.3) is 0 Å². The van der Waals surface area contributed by atoms with Gasteiger partial charge in [-0.3, -0.25) is 4.57 Å². The van der Waals surface area contributed by atoms with E-state index in [0.717, 1.165) is 12.8 Å². The maximum absolute atomic E-state index is 9.96. The van der Waals surface area contributed by atoms with Crippen LogP contribution in [0.15, 0.2) is 60.7 Å². The van der Waals surface area contributed by atoms with Gasteiger partial charge in [0.05, 0.1) is 6.10 Å². The molecule has 0 aliphatic rings. The molecule has 2 aromatic rings. The SMILES string of the molecule is O=[PH2]O.OC(Cc1ccccc1)Cc1ccccc1. The molecule has 0 saturated carbocycles. The fourth-order valence-electron chi connectivity index (χ4n) is 1.84. The first kappa shape index (κ1) is 15.6. The topological polar surface area (TPSA) is 57.5 Å². The fourth-order valence-corrected chi connectivity index (χ4v) is 1.84. The molecule has 0 bridgehead atoms. The molecule has 0 aliphatic carbocycles. The molecule has 0 heterocycles. The van der Waals surface area contributed by atoms with Gasteiger partial charge in [0.25, 0.3) is 0 Å². The van der Waals surface area contributed by atoms with E-state index in [-0.39, 0.29) is 6.10 Å². The van der Waals surface area contributed by atoms with Gasteiger partial charge in [-0.1, -0.05) is 60.7 Å². The summed E-state index contributed by atoms with van der Waals surface area (Å²) >= 11 is 0. The lowest BCUT2D eigenvalue weighted by atomic mass is 10.0. The Labute approximate surface area is 114 Å². The van der Waals surface area contributed by atoms with Gasteiger partial charge in [0.1, 0.15) is 0 Å². The van der Waals surface area contributed by atoms with Gasteiger partial charge in [0.15, 0.2) is 8.69 Å². The van der Waals surface area contributed by atoms with Gasteiger partial charge in [-0.25, -0.2) is 0 Å². The summed E-state index contributed by atoms with van der Waals surface area (Å²) in [7, 11) is -1.50. The maximum Gasteiger partial charge on any atom is 0.177 e. The average molecular weight is 278 g/mol. The normalized spacial score (nSPS) is 10.5. The van der Waals surface area contributed by atoms with Gasteiger partial charge < -0.3 is 10.00 Å². The number of rotatable bonds is 4. The summed E-state index contributed by atoms with van der Waals surface area (Å²) in [6.07, 6.45) is 1.13. The van der Waals surface area contributed by atoms with Crippen LogP contribution in [0.5, 0.6) is 0 Å². The summed E-state index contributed by atoms with van der Waals surface area (Å²) in [5.41, 5.74) is 2.37. The van der Waals surface area contributed by atoms with E-state index < -0.39 is 8.69 Å². The van der Waals surface area contributed by atoms with E-state index in [1.165, 1.54) is 11.1 Å². The van der Waals surface area contributed by atoms with Crippen molar-refractivity contribution < 1.29 is 14.6 Å². The van der Waals surface area contributed by atoms with E-state index in [9.17, 15) is 5.11 Å². The third kappa shape index (κ3) is 6.92. The minimum Gasteiger partial charge on any atom is -0.392 e. The van der Waals surface area contributed by atoms with Crippen molar-refractivity contribution in [1.29, 1.82) is 0 Å². The van der Waals surface area contributed by atoms with Gasteiger partial charge in [-0.2, -0.15) is 0 Å². The van der Waals surface area contributed by atoms with Crippen LogP contribution in [0, 0.1) is 0 Å². The zero-order valence-corrected chi connectivity index (χ0v) is 11.8. The Hall–Kier alpha value is -1.41. The van der Waals surface area contributed by atoms with Crippen molar-refractivity contribution in [1.82, 2.24) is 0 Å². The third-order valence-electron chi connectivity index (χ3n) is 2.63. The highest BCUT2D eigenvalue weighted by atomic mass is 31.1. The van der Waals surface area contributed by atoms with Gasteiger partial charge >= 0.3 is 0 Å². The number of aliphatic hydroxyl groups is 1. The van der Waals surface area contributed by atoms with E-state index in [1.54, 1.807) is 0 Å². The van der Waals surface area contributed by atoms with Crippen LogP contribution in [0.3, 0.4) is 0 Å². The van der Waals surface area contributed by atoms with Crippen molar-refractivity contribution in [3.63, 3.8) is 0 Å². The van der Waals surface area contributed by atoms with E-state index in [2.05, 4.69) is 0 Å². The lowest BCUT2D eigenvalue weighted by Gasteiger charge is -2.10. The Morgan fingerprint density at radius 3 is 1.47 bits per heavy atom. The number of aliphatic hydroxyl groups excluding tert-OH is 1.